The van der Waals surface area contributed by atoms with Crippen molar-refractivity contribution in [3.63, 3.8) is 0 Å². The second-order valence-electron chi connectivity index (χ2n) is 6.04. The van der Waals surface area contributed by atoms with Crippen LogP contribution in [0.2, 0.25) is 0 Å². The lowest BCUT2D eigenvalue weighted by Crippen LogP contribution is -2.51. The maximum Gasteiger partial charge on any atom is 0.408 e. The van der Waals surface area contributed by atoms with E-state index in [9.17, 15) is 4.79 Å². The number of carbonyl (C=O) groups excluding carboxylic acids is 1. The first-order valence-electron chi connectivity index (χ1n) is 5.92. The molecule has 4 nitrogen and oxygen atoms in total. The molecule has 0 aliphatic carbocycles. The van der Waals surface area contributed by atoms with Crippen molar-refractivity contribution in [2.24, 2.45) is 5.92 Å². The Bertz CT molecular complexity index is 250. The molecule has 1 aliphatic heterocycles. The van der Waals surface area contributed by atoms with Crippen molar-refractivity contribution in [2.75, 3.05) is 13.1 Å². The van der Waals surface area contributed by atoms with E-state index < -0.39 is 5.60 Å². The fraction of sp³-hybridized carbons (Fsp3) is 0.917. The molecule has 0 bridgehead atoms. The van der Waals surface area contributed by atoms with Crippen LogP contribution in [0.3, 0.4) is 0 Å². The molecular formula is C12H24N2O2. The van der Waals surface area contributed by atoms with E-state index in [-0.39, 0.29) is 11.6 Å². The second kappa shape index (κ2) is 4.62. The molecule has 4 heteroatoms. The second-order valence-corrected chi connectivity index (χ2v) is 6.04. The number of alkyl carbamates (subject to hydrolysis) is 1. The standard InChI is InChI=1S/C12H24N2O2/c1-11(2,3)16-10(15)14-12(4,5)9-6-7-13-8-9/h9,13H,6-8H2,1-5H3,(H,14,15)/t9-/m1/s1. The number of hydrogen-bond donors (Lipinski definition) is 2. The predicted molar refractivity (Wildman–Crippen MR) is 64.4 cm³/mol. The predicted octanol–water partition coefficient (Wildman–Crippen LogP) is 1.90. The summed E-state index contributed by atoms with van der Waals surface area (Å²) in [5.74, 6) is 0.472. The van der Waals surface area contributed by atoms with Crippen LogP contribution < -0.4 is 10.6 Å². The van der Waals surface area contributed by atoms with Crippen molar-refractivity contribution in [1.29, 1.82) is 0 Å². The molecule has 0 saturated carbocycles. The summed E-state index contributed by atoms with van der Waals surface area (Å²) in [6.07, 6.45) is 0.771. The Morgan fingerprint density at radius 3 is 2.38 bits per heavy atom. The molecule has 1 heterocycles. The van der Waals surface area contributed by atoms with E-state index in [1.165, 1.54) is 0 Å². The van der Waals surface area contributed by atoms with Crippen LogP contribution in [-0.2, 0) is 4.74 Å². The maximum atomic E-state index is 11.7. The van der Waals surface area contributed by atoms with E-state index in [0.717, 1.165) is 19.5 Å². The monoisotopic (exact) mass is 228 g/mol. The van der Waals surface area contributed by atoms with Gasteiger partial charge in [0.15, 0.2) is 0 Å². The molecule has 0 radical (unpaired) electrons. The zero-order valence-electron chi connectivity index (χ0n) is 11.0. The number of amides is 1. The molecule has 1 amide bonds. The topological polar surface area (TPSA) is 50.4 Å². The molecule has 94 valence electrons. The molecule has 0 aromatic rings. The quantitative estimate of drug-likeness (QED) is 0.759. The van der Waals surface area contributed by atoms with Gasteiger partial charge in [0.25, 0.3) is 0 Å². The minimum Gasteiger partial charge on any atom is -0.444 e. The first-order valence-corrected chi connectivity index (χ1v) is 5.92. The van der Waals surface area contributed by atoms with Gasteiger partial charge >= 0.3 is 6.09 Å². The number of rotatable bonds is 2. The average Bonchev–Trinajstić information content (AvgIpc) is 2.49. The Balaban J connectivity index is 2.48. The highest BCUT2D eigenvalue weighted by atomic mass is 16.6. The summed E-state index contributed by atoms with van der Waals surface area (Å²) in [7, 11) is 0. The molecule has 1 atom stereocenters. The SMILES string of the molecule is CC(C)(C)OC(=O)NC(C)(C)[C@@H]1CCNC1. The summed E-state index contributed by atoms with van der Waals surface area (Å²) in [6.45, 7) is 11.7. The van der Waals surface area contributed by atoms with Gasteiger partial charge in [0.1, 0.15) is 5.60 Å². The van der Waals surface area contributed by atoms with Crippen LogP contribution in [0.15, 0.2) is 0 Å². The maximum absolute atomic E-state index is 11.7. The summed E-state index contributed by atoms with van der Waals surface area (Å²) in [6, 6.07) is 0. The first-order chi connectivity index (χ1) is 7.21. The van der Waals surface area contributed by atoms with Gasteiger partial charge in [0, 0.05) is 12.1 Å². The van der Waals surface area contributed by atoms with Crippen molar-refractivity contribution in [2.45, 2.75) is 52.2 Å². The number of carbonyl (C=O) groups is 1. The Hall–Kier alpha value is -0.770. The van der Waals surface area contributed by atoms with Gasteiger partial charge in [-0.15, -0.1) is 0 Å². The normalized spacial score (nSPS) is 21.9. The molecule has 0 aromatic carbocycles. The summed E-state index contributed by atoms with van der Waals surface area (Å²) in [5, 5.41) is 6.26. The van der Waals surface area contributed by atoms with Crippen LogP contribution in [0.5, 0.6) is 0 Å². The van der Waals surface area contributed by atoms with E-state index >= 15 is 0 Å². The highest BCUT2D eigenvalue weighted by molar-refractivity contribution is 5.68. The fourth-order valence-corrected chi connectivity index (χ4v) is 1.94. The summed E-state index contributed by atoms with van der Waals surface area (Å²) < 4.78 is 5.26. The van der Waals surface area contributed by atoms with Crippen LogP contribution in [0.1, 0.15) is 41.0 Å². The average molecular weight is 228 g/mol. The van der Waals surface area contributed by atoms with Crippen LogP contribution >= 0.6 is 0 Å². The van der Waals surface area contributed by atoms with Crippen LogP contribution in [-0.4, -0.2) is 30.3 Å². The van der Waals surface area contributed by atoms with Crippen molar-refractivity contribution in [1.82, 2.24) is 10.6 Å². The Kier molecular flexibility index (Phi) is 3.84. The lowest BCUT2D eigenvalue weighted by Gasteiger charge is -2.33. The molecule has 2 N–H and O–H groups in total. The van der Waals surface area contributed by atoms with Gasteiger partial charge in [0.05, 0.1) is 0 Å². The van der Waals surface area contributed by atoms with Crippen LogP contribution in [0, 0.1) is 5.92 Å². The third-order valence-electron chi connectivity index (χ3n) is 2.90. The lowest BCUT2D eigenvalue weighted by molar-refractivity contribution is 0.0441. The molecule has 1 aliphatic rings. The molecule has 16 heavy (non-hydrogen) atoms. The zero-order chi connectivity index (χ0) is 12.4. The third-order valence-corrected chi connectivity index (χ3v) is 2.90. The van der Waals surface area contributed by atoms with Crippen LogP contribution in [0.4, 0.5) is 4.79 Å². The van der Waals surface area contributed by atoms with Gasteiger partial charge < -0.3 is 15.4 Å². The van der Waals surface area contributed by atoms with Gasteiger partial charge in [-0.2, -0.15) is 0 Å². The molecule has 0 spiro atoms. The largest absolute Gasteiger partial charge is 0.444 e. The highest BCUT2D eigenvalue weighted by Crippen LogP contribution is 2.23. The molecule has 0 aromatic heterocycles. The smallest absolute Gasteiger partial charge is 0.408 e. The van der Waals surface area contributed by atoms with E-state index in [1.54, 1.807) is 0 Å². The zero-order valence-corrected chi connectivity index (χ0v) is 11.0. The summed E-state index contributed by atoms with van der Waals surface area (Å²) >= 11 is 0. The van der Waals surface area contributed by atoms with Gasteiger partial charge in [0.2, 0.25) is 0 Å². The van der Waals surface area contributed by atoms with E-state index in [2.05, 4.69) is 24.5 Å². The Labute approximate surface area is 98.1 Å². The Morgan fingerprint density at radius 2 is 1.94 bits per heavy atom. The van der Waals surface area contributed by atoms with Crippen molar-refractivity contribution in [3.8, 4) is 0 Å². The van der Waals surface area contributed by atoms with Gasteiger partial charge in [-0.05, 0) is 53.5 Å². The molecule has 1 rings (SSSR count). The van der Waals surface area contributed by atoms with Crippen molar-refractivity contribution >= 4 is 6.09 Å². The van der Waals surface area contributed by atoms with E-state index in [0.29, 0.717) is 5.92 Å². The van der Waals surface area contributed by atoms with Crippen LogP contribution in [0.25, 0.3) is 0 Å². The van der Waals surface area contributed by atoms with Crippen molar-refractivity contribution in [3.05, 3.63) is 0 Å². The van der Waals surface area contributed by atoms with Gasteiger partial charge in [-0.25, -0.2) is 4.79 Å². The molecular weight excluding hydrogens is 204 g/mol. The number of hydrogen-bond acceptors (Lipinski definition) is 3. The highest BCUT2D eigenvalue weighted by Gasteiger charge is 2.34. The van der Waals surface area contributed by atoms with Crippen molar-refractivity contribution < 1.29 is 9.53 Å². The van der Waals surface area contributed by atoms with Gasteiger partial charge in [-0.3, -0.25) is 0 Å². The number of nitrogens with one attached hydrogen (secondary N) is 2. The summed E-state index contributed by atoms with van der Waals surface area (Å²) in [5.41, 5.74) is -0.653. The van der Waals surface area contributed by atoms with E-state index in [4.69, 9.17) is 4.74 Å². The summed E-state index contributed by atoms with van der Waals surface area (Å²) in [4.78, 5) is 11.7. The third kappa shape index (κ3) is 4.00. The molecule has 0 unspecified atom stereocenters. The molecule has 1 saturated heterocycles. The lowest BCUT2D eigenvalue weighted by atomic mass is 9.87. The first kappa shape index (κ1) is 13.3. The fourth-order valence-electron chi connectivity index (χ4n) is 1.94. The van der Waals surface area contributed by atoms with Gasteiger partial charge in [-0.1, -0.05) is 0 Å². The number of ether oxygens (including phenoxy) is 1. The molecule has 1 fully saturated rings. The minimum absolute atomic E-state index is 0.216. The van der Waals surface area contributed by atoms with E-state index in [1.807, 2.05) is 20.8 Å². The minimum atomic E-state index is -0.436. The Morgan fingerprint density at radius 1 is 1.31 bits per heavy atom.